The van der Waals surface area contributed by atoms with E-state index in [9.17, 15) is 4.79 Å². The van der Waals surface area contributed by atoms with Gasteiger partial charge in [0, 0.05) is 16.5 Å². The second-order valence-electron chi connectivity index (χ2n) is 4.07. The molecule has 0 atom stereocenters. The average molecular weight is 356 g/mol. The van der Waals surface area contributed by atoms with Crippen LogP contribution in [0.4, 0.5) is 11.5 Å². The lowest BCUT2D eigenvalue weighted by molar-refractivity contribution is 0.102. The molecule has 0 aliphatic heterocycles. The number of nitrogens with zero attached hydrogens (tertiary/aromatic N) is 2. The molecular weight excluding hydrogens is 344 g/mol. The molecule has 5 nitrogen and oxygen atoms in total. The van der Waals surface area contributed by atoms with Crippen LogP contribution in [-0.2, 0) is 0 Å². The van der Waals surface area contributed by atoms with Gasteiger partial charge in [-0.15, -0.1) is 0 Å². The van der Waals surface area contributed by atoms with E-state index in [4.69, 9.17) is 11.6 Å². The summed E-state index contributed by atoms with van der Waals surface area (Å²) in [5.74, 6) is 0.175. The number of carbonyl (C=O) groups excluding carboxylic acids is 1. The van der Waals surface area contributed by atoms with Crippen LogP contribution in [-0.4, -0.2) is 22.9 Å². The summed E-state index contributed by atoms with van der Waals surface area (Å²) in [6.45, 7) is 1.89. The molecule has 1 aromatic heterocycles. The van der Waals surface area contributed by atoms with Gasteiger partial charge < -0.3 is 10.6 Å². The van der Waals surface area contributed by atoms with Gasteiger partial charge >= 0.3 is 0 Å². The summed E-state index contributed by atoms with van der Waals surface area (Å²) < 4.78 is 0.755. The van der Waals surface area contributed by atoms with Crippen molar-refractivity contribution in [3.05, 3.63) is 45.3 Å². The van der Waals surface area contributed by atoms with Crippen molar-refractivity contribution in [1.82, 2.24) is 9.97 Å². The zero-order valence-corrected chi connectivity index (χ0v) is 13.2. The molecule has 0 fully saturated rings. The van der Waals surface area contributed by atoms with Gasteiger partial charge in [-0.3, -0.25) is 9.78 Å². The number of aryl methyl sites for hydroxylation is 1. The Bertz CT molecular complexity index is 663. The van der Waals surface area contributed by atoms with Crippen molar-refractivity contribution in [2.75, 3.05) is 17.7 Å². The largest absolute Gasteiger partial charge is 0.372 e. The zero-order valence-electron chi connectivity index (χ0n) is 10.9. The quantitative estimate of drug-likeness (QED) is 0.884. The number of hydrogen-bond donors (Lipinski definition) is 2. The van der Waals surface area contributed by atoms with Crippen molar-refractivity contribution in [3.8, 4) is 0 Å². The molecular formula is C13H12BrClN4O. The second-order valence-corrected chi connectivity index (χ2v) is 5.34. The van der Waals surface area contributed by atoms with Crippen molar-refractivity contribution in [2.45, 2.75) is 6.92 Å². The molecule has 0 saturated carbocycles. The third-order valence-electron chi connectivity index (χ3n) is 2.62. The fourth-order valence-corrected chi connectivity index (χ4v) is 2.24. The number of halogens is 2. The fraction of sp³-hybridized carbons (Fsp3) is 0.154. The molecule has 0 spiro atoms. The SMILES string of the molecule is CNc1cncc(C(=O)Nc2cc(Cl)c(C)cc2Br)n1. The van der Waals surface area contributed by atoms with Crippen LogP contribution in [0.2, 0.25) is 5.02 Å². The first-order valence-electron chi connectivity index (χ1n) is 5.78. The highest BCUT2D eigenvalue weighted by atomic mass is 79.9. The summed E-state index contributed by atoms with van der Waals surface area (Å²) in [6, 6.07) is 3.53. The van der Waals surface area contributed by atoms with Crippen molar-refractivity contribution < 1.29 is 4.79 Å². The molecule has 7 heteroatoms. The van der Waals surface area contributed by atoms with Crippen LogP contribution in [0.25, 0.3) is 0 Å². The van der Waals surface area contributed by atoms with Gasteiger partial charge in [0.05, 0.1) is 18.1 Å². The number of amides is 1. The van der Waals surface area contributed by atoms with Gasteiger partial charge in [-0.1, -0.05) is 11.6 Å². The maximum absolute atomic E-state index is 12.1. The maximum Gasteiger partial charge on any atom is 0.275 e. The van der Waals surface area contributed by atoms with Crippen LogP contribution in [0.3, 0.4) is 0 Å². The predicted molar refractivity (Wildman–Crippen MR) is 83.4 cm³/mol. The summed E-state index contributed by atoms with van der Waals surface area (Å²) in [5.41, 5.74) is 1.73. The Hall–Kier alpha value is -1.66. The summed E-state index contributed by atoms with van der Waals surface area (Å²) in [5, 5.41) is 6.16. The molecule has 0 radical (unpaired) electrons. The van der Waals surface area contributed by atoms with Gasteiger partial charge in [0.25, 0.3) is 5.91 Å². The summed E-state index contributed by atoms with van der Waals surface area (Å²) in [6.07, 6.45) is 2.94. The first-order chi connectivity index (χ1) is 9.51. The van der Waals surface area contributed by atoms with Crippen LogP contribution < -0.4 is 10.6 Å². The molecule has 0 bridgehead atoms. The van der Waals surface area contributed by atoms with E-state index in [1.807, 2.05) is 13.0 Å². The van der Waals surface area contributed by atoms with Crippen molar-refractivity contribution in [2.24, 2.45) is 0 Å². The van der Waals surface area contributed by atoms with Crippen LogP contribution in [0.1, 0.15) is 16.1 Å². The molecule has 20 heavy (non-hydrogen) atoms. The monoisotopic (exact) mass is 354 g/mol. The number of anilines is 2. The number of nitrogens with one attached hydrogen (secondary N) is 2. The lowest BCUT2D eigenvalue weighted by Crippen LogP contribution is -2.15. The predicted octanol–water partition coefficient (Wildman–Crippen LogP) is 3.49. The van der Waals surface area contributed by atoms with Gasteiger partial charge in [-0.2, -0.15) is 0 Å². The van der Waals surface area contributed by atoms with Gasteiger partial charge in [0.15, 0.2) is 0 Å². The van der Waals surface area contributed by atoms with Gasteiger partial charge in [-0.25, -0.2) is 4.98 Å². The highest BCUT2D eigenvalue weighted by molar-refractivity contribution is 9.10. The molecule has 0 unspecified atom stereocenters. The van der Waals surface area contributed by atoms with Crippen LogP contribution >= 0.6 is 27.5 Å². The van der Waals surface area contributed by atoms with Crippen molar-refractivity contribution in [1.29, 1.82) is 0 Å². The maximum atomic E-state index is 12.1. The molecule has 2 N–H and O–H groups in total. The molecule has 104 valence electrons. The Morgan fingerprint density at radius 2 is 2.10 bits per heavy atom. The third-order valence-corrected chi connectivity index (χ3v) is 3.68. The van der Waals surface area contributed by atoms with Gasteiger partial charge in [0.2, 0.25) is 0 Å². The minimum Gasteiger partial charge on any atom is -0.372 e. The Kier molecular flexibility index (Phi) is 4.57. The molecule has 2 aromatic rings. The van der Waals surface area contributed by atoms with E-state index in [1.165, 1.54) is 12.4 Å². The molecule has 0 saturated heterocycles. The number of rotatable bonds is 3. The Balaban J connectivity index is 2.25. The van der Waals surface area contributed by atoms with Crippen LogP contribution in [0.5, 0.6) is 0 Å². The van der Waals surface area contributed by atoms with Crippen molar-refractivity contribution in [3.63, 3.8) is 0 Å². The van der Waals surface area contributed by atoms with Crippen LogP contribution in [0.15, 0.2) is 29.0 Å². The standard InChI is InChI=1S/C13H12BrClN4O/c1-7-3-8(14)10(4-9(7)15)19-13(20)11-5-17-6-12(16-2)18-11/h3-6H,1-2H3,(H,16,18)(H,19,20). The second kappa shape index (κ2) is 6.19. The molecule has 0 aliphatic carbocycles. The van der Waals surface area contributed by atoms with Gasteiger partial charge in [0.1, 0.15) is 11.5 Å². The summed E-state index contributed by atoms with van der Waals surface area (Å²) >= 11 is 9.44. The Labute approximate surface area is 129 Å². The Morgan fingerprint density at radius 3 is 2.80 bits per heavy atom. The molecule has 1 amide bonds. The molecule has 2 rings (SSSR count). The average Bonchev–Trinajstić information content (AvgIpc) is 2.44. The Morgan fingerprint density at radius 1 is 1.35 bits per heavy atom. The molecule has 1 aromatic carbocycles. The van der Waals surface area contributed by atoms with Gasteiger partial charge in [-0.05, 0) is 40.5 Å². The number of hydrogen-bond acceptors (Lipinski definition) is 4. The van der Waals surface area contributed by atoms with E-state index in [-0.39, 0.29) is 11.6 Å². The van der Waals surface area contributed by atoms with E-state index < -0.39 is 0 Å². The molecule has 0 aliphatic rings. The first kappa shape index (κ1) is 14.7. The third kappa shape index (κ3) is 3.26. The summed E-state index contributed by atoms with van der Waals surface area (Å²) in [4.78, 5) is 20.2. The molecule has 1 heterocycles. The topological polar surface area (TPSA) is 66.9 Å². The first-order valence-corrected chi connectivity index (χ1v) is 6.95. The minimum absolute atomic E-state index is 0.223. The zero-order chi connectivity index (χ0) is 14.7. The van der Waals surface area contributed by atoms with Crippen LogP contribution in [0, 0.1) is 6.92 Å². The number of benzene rings is 1. The van der Waals surface area contributed by atoms with E-state index in [0.29, 0.717) is 16.5 Å². The highest BCUT2D eigenvalue weighted by Gasteiger charge is 2.12. The van der Waals surface area contributed by atoms with Crippen molar-refractivity contribution >= 4 is 44.9 Å². The fourth-order valence-electron chi connectivity index (χ4n) is 1.52. The summed E-state index contributed by atoms with van der Waals surface area (Å²) in [7, 11) is 1.71. The highest BCUT2D eigenvalue weighted by Crippen LogP contribution is 2.29. The van der Waals surface area contributed by atoms with E-state index in [1.54, 1.807) is 13.1 Å². The number of carbonyl (C=O) groups is 1. The normalized spacial score (nSPS) is 10.2. The lowest BCUT2D eigenvalue weighted by atomic mass is 10.2. The van der Waals surface area contributed by atoms with E-state index >= 15 is 0 Å². The van der Waals surface area contributed by atoms with E-state index in [2.05, 4.69) is 36.5 Å². The minimum atomic E-state index is -0.352. The lowest BCUT2D eigenvalue weighted by Gasteiger charge is -2.09. The smallest absolute Gasteiger partial charge is 0.275 e. The number of aromatic nitrogens is 2. The van der Waals surface area contributed by atoms with E-state index in [0.717, 1.165) is 10.0 Å².